The number of aliphatic hydroxyl groups excluding tert-OH is 1. The molecule has 5 atom stereocenters. The summed E-state index contributed by atoms with van der Waals surface area (Å²) in [6, 6.07) is 27.0. The molecule has 2 heterocycles. The van der Waals surface area contributed by atoms with E-state index in [1.54, 1.807) is 22.1 Å². The minimum absolute atomic E-state index is 0.0530. The van der Waals surface area contributed by atoms with Crippen molar-refractivity contribution in [1.82, 2.24) is 30.7 Å². The number of nitrogens with two attached hydrogens (primary N) is 1. The maximum Gasteiger partial charge on any atom is 0.407 e. The van der Waals surface area contributed by atoms with Gasteiger partial charge in [0.25, 0.3) is 0 Å². The van der Waals surface area contributed by atoms with Crippen molar-refractivity contribution in [2.75, 3.05) is 25.9 Å². The van der Waals surface area contributed by atoms with Gasteiger partial charge in [-0.05, 0) is 71.0 Å². The summed E-state index contributed by atoms with van der Waals surface area (Å²) in [4.78, 5) is 62.7. The molecule has 1 saturated heterocycles. The Morgan fingerprint density at radius 1 is 0.783 bits per heavy atom. The fraction of sp³-hybridized carbons (Fsp3) is 0.426. The highest BCUT2D eigenvalue weighted by atomic mass is 16.5. The highest BCUT2D eigenvalue weighted by Gasteiger charge is 2.44. The lowest BCUT2D eigenvalue weighted by atomic mass is 9.84. The Morgan fingerprint density at radius 3 is 2.07 bits per heavy atom. The summed E-state index contributed by atoms with van der Waals surface area (Å²) < 4.78 is 4.84. The highest BCUT2D eigenvalue weighted by molar-refractivity contribution is 5.89. The van der Waals surface area contributed by atoms with Gasteiger partial charge in [0.1, 0.15) is 12.1 Å². The lowest BCUT2D eigenvalue weighted by Gasteiger charge is -2.38. The maximum absolute atomic E-state index is 14.6. The molecule has 1 aliphatic heterocycles. The molecule has 6 N–H and O–H groups in total. The monoisotopic (exact) mass is 819 g/mol. The summed E-state index contributed by atoms with van der Waals surface area (Å²) in [6.45, 7) is 12.4. The van der Waals surface area contributed by atoms with Gasteiger partial charge in [-0.3, -0.25) is 14.6 Å². The van der Waals surface area contributed by atoms with Crippen LogP contribution in [0.2, 0.25) is 0 Å². The highest BCUT2D eigenvalue weighted by Crippen LogP contribution is 2.30. The van der Waals surface area contributed by atoms with Gasteiger partial charge in [0.15, 0.2) is 0 Å². The largest absolute Gasteiger partial charge is 0.453 e. The van der Waals surface area contributed by atoms with Crippen molar-refractivity contribution in [3.8, 4) is 11.3 Å². The van der Waals surface area contributed by atoms with Gasteiger partial charge in [0.2, 0.25) is 11.8 Å². The minimum atomic E-state index is -1.15. The Morgan fingerprint density at radius 2 is 1.45 bits per heavy atom. The lowest BCUT2D eigenvalue weighted by Crippen LogP contribution is -2.59. The molecule has 1 fully saturated rings. The number of nitrogen functional groups attached to an aromatic ring is 1. The molecular formula is C47H61N7O6. The third-order valence-corrected chi connectivity index (χ3v) is 10.8. The number of pyridine rings is 1. The topological polar surface area (TPSA) is 179 Å². The number of hydrogen-bond donors (Lipinski definition) is 5. The van der Waals surface area contributed by atoms with Crippen LogP contribution in [0.5, 0.6) is 0 Å². The quantitative estimate of drug-likeness (QED) is 0.0860. The van der Waals surface area contributed by atoms with E-state index >= 15 is 0 Å². The number of aromatic nitrogens is 1. The summed E-state index contributed by atoms with van der Waals surface area (Å²) >= 11 is 0. The zero-order valence-electron chi connectivity index (χ0n) is 35.9. The van der Waals surface area contributed by atoms with Gasteiger partial charge < -0.3 is 41.3 Å². The van der Waals surface area contributed by atoms with Gasteiger partial charge in [-0.2, -0.15) is 0 Å². The SMILES string of the molecule is COC(=O)N[C@H](C(=O)N[C@@H](Cc1ccc(-c2ccccn2)cc1)C[C@H](O)[C@H](Cc1ccccc1)NC(=O)[C@@H](N1CCN(Cc2cccc(N)c2)C1=O)C(C)(C)C)C(C)(C)C. The number of carbonyl (C=O) groups is 4. The van der Waals surface area contributed by atoms with Gasteiger partial charge in [-0.15, -0.1) is 0 Å². The van der Waals surface area contributed by atoms with Crippen molar-refractivity contribution in [2.24, 2.45) is 10.8 Å². The summed E-state index contributed by atoms with van der Waals surface area (Å²) in [5.41, 5.74) is 9.70. The number of nitrogens with one attached hydrogen (secondary N) is 3. The van der Waals surface area contributed by atoms with Crippen LogP contribution in [0.3, 0.4) is 0 Å². The zero-order chi connectivity index (χ0) is 43.6. The first-order valence-electron chi connectivity index (χ1n) is 20.5. The van der Waals surface area contributed by atoms with E-state index in [1.807, 2.05) is 133 Å². The predicted octanol–water partition coefficient (Wildman–Crippen LogP) is 5.96. The van der Waals surface area contributed by atoms with Gasteiger partial charge in [-0.1, -0.05) is 114 Å². The number of benzene rings is 3. The number of carbonyl (C=O) groups excluding carboxylic acids is 4. The van der Waals surface area contributed by atoms with Crippen molar-refractivity contribution in [3.05, 3.63) is 120 Å². The number of hydrogen-bond acceptors (Lipinski definition) is 8. The first-order valence-corrected chi connectivity index (χ1v) is 20.5. The van der Waals surface area contributed by atoms with Crippen molar-refractivity contribution in [1.29, 1.82) is 0 Å². The van der Waals surface area contributed by atoms with Crippen LogP contribution in [0.25, 0.3) is 11.3 Å². The third-order valence-electron chi connectivity index (χ3n) is 10.8. The average Bonchev–Trinajstić information content (AvgIpc) is 3.54. The molecule has 320 valence electrons. The molecule has 0 saturated carbocycles. The van der Waals surface area contributed by atoms with E-state index < -0.39 is 53.1 Å². The van der Waals surface area contributed by atoms with E-state index in [2.05, 4.69) is 20.9 Å². The van der Waals surface area contributed by atoms with Gasteiger partial charge in [-0.25, -0.2) is 9.59 Å². The maximum atomic E-state index is 14.6. The molecule has 1 aliphatic rings. The smallest absolute Gasteiger partial charge is 0.407 e. The van der Waals surface area contributed by atoms with Crippen LogP contribution in [-0.4, -0.2) is 94.3 Å². The molecule has 0 unspecified atom stereocenters. The van der Waals surface area contributed by atoms with E-state index in [0.29, 0.717) is 31.7 Å². The van der Waals surface area contributed by atoms with Crippen molar-refractivity contribution in [2.45, 2.75) is 97.6 Å². The fourth-order valence-electron chi connectivity index (χ4n) is 7.73. The van der Waals surface area contributed by atoms with E-state index in [4.69, 9.17) is 10.5 Å². The number of ether oxygens (including phenoxy) is 1. The molecule has 0 spiro atoms. The minimum Gasteiger partial charge on any atom is -0.453 e. The Kier molecular flexibility index (Phi) is 14.9. The van der Waals surface area contributed by atoms with Crippen molar-refractivity contribution < 1.29 is 29.0 Å². The first-order chi connectivity index (χ1) is 28.4. The zero-order valence-corrected chi connectivity index (χ0v) is 35.9. The van der Waals surface area contributed by atoms with Crippen LogP contribution in [0.4, 0.5) is 15.3 Å². The first kappa shape index (κ1) is 45.1. The molecule has 0 bridgehead atoms. The van der Waals surface area contributed by atoms with Gasteiger partial charge >= 0.3 is 12.1 Å². The average molecular weight is 820 g/mol. The number of alkyl carbamates (subject to hydrolysis) is 1. The number of urea groups is 1. The summed E-state index contributed by atoms with van der Waals surface area (Å²) in [6.07, 6.45) is 0.520. The number of anilines is 1. The van der Waals surface area contributed by atoms with Crippen molar-refractivity contribution >= 4 is 29.6 Å². The number of methoxy groups -OCH3 is 1. The lowest BCUT2D eigenvalue weighted by molar-refractivity contribution is -0.131. The predicted molar refractivity (Wildman–Crippen MR) is 233 cm³/mol. The van der Waals surface area contributed by atoms with E-state index in [1.165, 1.54) is 7.11 Å². The Hall–Kier alpha value is -5.95. The van der Waals surface area contributed by atoms with Crippen LogP contribution in [0, 0.1) is 10.8 Å². The Bertz CT molecular complexity index is 2050. The second-order valence-corrected chi connectivity index (χ2v) is 17.8. The number of rotatable bonds is 16. The van der Waals surface area contributed by atoms with Crippen LogP contribution >= 0.6 is 0 Å². The molecule has 13 heteroatoms. The summed E-state index contributed by atoms with van der Waals surface area (Å²) in [5.74, 6) is -0.829. The van der Waals surface area contributed by atoms with E-state index in [-0.39, 0.29) is 24.8 Å². The number of amides is 5. The summed E-state index contributed by atoms with van der Waals surface area (Å²) in [5, 5.41) is 21.2. The number of nitrogens with zero attached hydrogens (tertiary/aromatic N) is 3. The van der Waals surface area contributed by atoms with Crippen LogP contribution in [0.15, 0.2) is 103 Å². The Labute approximate surface area is 354 Å². The fourth-order valence-corrected chi connectivity index (χ4v) is 7.73. The standard InChI is InChI=1S/C47H61N7O6/c1-46(2,3)40(52-44(58)60-7)42(56)50-36(27-32-19-21-34(22-20-32)37-18-11-12-23-49-37)29-39(55)38(28-31-14-9-8-10-15-31)51-43(57)41(47(4,5)6)54-25-24-53(45(54)59)30-33-16-13-17-35(48)26-33/h8-23,26,36,38-41,55H,24-25,27-30,48H2,1-7H3,(H,50,56)(H,51,57)(H,52,58)/t36-,38-,39-,40+,41+/m0/s1. The molecule has 1 aromatic heterocycles. The molecule has 4 aromatic rings. The molecule has 13 nitrogen and oxygen atoms in total. The molecule has 3 aromatic carbocycles. The molecular weight excluding hydrogens is 759 g/mol. The molecule has 60 heavy (non-hydrogen) atoms. The van der Waals surface area contributed by atoms with E-state index in [9.17, 15) is 24.3 Å². The summed E-state index contributed by atoms with van der Waals surface area (Å²) in [7, 11) is 1.24. The third kappa shape index (κ3) is 12.3. The van der Waals surface area contributed by atoms with Crippen LogP contribution < -0.4 is 21.7 Å². The van der Waals surface area contributed by atoms with Gasteiger partial charge in [0, 0.05) is 43.1 Å². The molecule has 0 radical (unpaired) electrons. The van der Waals surface area contributed by atoms with Gasteiger partial charge in [0.05, 0.1) is 24.9 Å². The van der Waals surface area contributed by atoms with Crippen LogP contribution in [-0.2, 0) is 33.7 Å². The van der Waals surface area contributed by atoms with Crippen molar-refractivity contribution in [3.63, 3.8) is 0 Å². The Balaban J connectivity index is 1.42. The molecule has 5 rings (SSSR count). The molecule has 0 aliphatic carbocycles. The molecule has 5 amide bonds. The van der Waals surface area contributed by atoms with Crippen LogP contribution in [0.1, 0.15) is 64.7 Å². The number of aliphatic hydroxyl groups is 1. The van der Waals surface area contributed by atoms with E-state index in [0.717, 1.165) is 27.9 Å². The normalized spacial score (nSPS) is 15.7. The second kappa shape index (κ2) is 19.9. The second-order valence-electron chi connectivity index (χ2n) is 17.8.